The second-order valence-corrected chi connectivity index (χ2v) is 3.77. The Labute approximate surface area is 104 Å². The molecular weight excluding hydrogens is 232 g/mol. The Balaban J connectivity index is 2.00. The number of hydrogen-bond donors (Lipinski definition) is 1. The molecule has 0 aliphatic heterocycles. The van der Waals surface area contributed by atoms with E-state index in [9.17, 15) is 10.1 Å². The van der Waals surface area contributed by atoms with Crippen LogP contribution in [0.2, 0.25) is 0 Å². The van der Waals surface area contributed by atoms with E-state index in [0.29, 0.717) is 12.4 Å². The molecule has 1 aromatic heterocycles. The summed E-state index contributed by atoms with van der Waals surface area (Å²) in [6.45, 7) is 2.38. The van der Waals surface area contributed by atoms with E-state index >= 15 is 0 Å². The fourth-order valence-electron chi connectivity index (χ4n) is 1.48. The molecule has 2 aromatic rings. The molecule has 1 N–H and O–H groups in total. The standard InChI is InChI=1S/C12H12N4O2/c1-9-13-7-6-12(15-9)14-8-10-2-4-11(5-3-10)16(17)18/h2-7H,8H2,1H3,(H,13,14,15). The van der Waals surface area contributed by atoms with Gasteiger partial charge in [0.1, 0.15) is 11.6 Å². The predicted molar refractivity (Wildman–Crippen MR) is 67.2 cm³/mol. The molecule has 0 unspecified atom stereocenters. The zero-order valence-corrected chi connectivity index (χ0v) is 9.83. The average molecular weight is 244 g/mol. The largest absolute Gasteiger partial charge is 0.366 e. The van der Waals surface area contributed by atoms with Gasteiger partial charge in [-0.3, -0.25) is 10.1 Å². The second-order valence-electron chi connectivity index (χ2n) is 3.77. The molecule has 0 spiro atoms. The topological polar surface area (TPSA) is 81.0 Å². The van der Waals surface area contributed by atoms with E-state index in [2.05, 4.69) is 15.3 Å². The molecule has 0 saturated heterocycles. The lowest BCUT2D eigenvalue weighted by Crippen LogP contribution is -2.02. The van der Waals surface area contributed by atoms with Gasteiger partial charge in [-0.25, -0.2) is 9.97 Å². The number of nitrogens with zero attached hydrogens (tertiary/aromatic N) is 3. The normalized spacial score (nSPS) is 10.1. The smallest absolute Gasteiger partial charge is 0.269 e. The van der Waals surface area contributed by atoms with E-state index in [-0.39, 0.29) is 5.69 Å². The highest BCUT2D eigenvalue weighted by Crippen LogP contribution is 2.13. The fraction of sp³-hybridized carbons (Fsp3) is 0.167. The van der Waals surface area contributed by atoms with Crippen LogP contribution in [0.1, 0.15) is 11.4 Å². The molecular formula is C12H12N4O2. The van der Waals surface area contributed by atoms with Crippen LogP contribution in [0.25, 0.3) is 0 Å². The molecule has 6 nitrogen and oxygen atoms in total. The van der Waals surface area contributed by atoms with E-state index in [4.69, 9.17) is 0 Å². The number of non-ortho nitro benzene ring substituents is 1. The minimum atomic E-state index is -0.412. The monoisotopic (exact) mass is 244 g/mol. The van der Waals surface area contributed by atoms with E-state index < -0.39 is 4.92 Å². The summed E-state index contributed by atoms with van der Waals surface area (Å²) in [6.07, 6.45) is 1.68. The van der Waals surface area contributed by atoms with Crippen LogP contribution >= 0.6 is 0 Å². The van der Waals surface area contributed by atoms with Gasteiger partial charge in [0.2, 0.25) is 0 Å². The van der Waals surface area contributed by atoms with E-state index in [1.807, 2.05) is 6.92 Å². The van der Waals surface area contributed by atoms with Crippen molar-refractivity contribution in [2.24, 2.45) is 0 Å². The Morgan fingerprint density at radius 2 is 2.00 bits per heavy atom. The Morgan fingerprint density at radius 3 is 2.61 bits per heavy atom. The van der Waals surface area contributed by atoms with Crippen LogP contribution in [0.3, 0.4) is 0 Å². The van der Waals surface area contributed by atoms with Crippen LogP contribution in [0, 0.1) is 17.0 Å². The second kappa shape index (κ2) is 5.22. The number of aryl methyl sites for hydroxylation is 1. The molecule has 0 aliphatic rings. The summed E-state index contributed by atoms with van der Waals surface area (Å²) in [5, 5.41) is 13.6. The predicted octanol–water partition coefficient (Wildman–Crippen LogP) is 2.31. The highest BCUT2D eigenvalue weighted by atomic mass is 16.6. The Bertz CT molecular complexity index is 554. The maximum atomic E-state index is 10.5. The van der Waals surface area contributed by atoms with Gasteiger partial charge in [0, 0.05) is 24.9 Å². The van der Waals surface area contributed by atoms with Gasteiger partial charge < -0.3 is 5.32 Å². The van der Waals surface area contributed by atoms with Crippen molar-refractivity contribution in [3.8, 4) is 0 Å². The minimum Gasteiger partial charge on any atom is -0.366 e. The number of nitro benzene ring substituents is 1. The first-order valence-corrected chi connectivity index (χ1v) is 5.42. The van der Waals surface area contributed by atoms with Crippen LogP contribution in [0.4, 0.5) is 11.5 Å². The third kappa shape index (κ3) is 3.00. The van der Waals surface area contributed by atoms with Crippen LogP contribution in [0.5, 0.6) is 0 Å². The number of anilines is 1. The highest BCUT2D eigenvalue weighted by Gasteiger charge is 2.03. The zero-order valence-electron chi connectivity index (χ0n) is 9.83. The summed E-state index contributed by atoms with van der Waals surface area (Å²) in [7, 11) is 0. The number of hydrogen-bond acceptors (Lipinski definition) is 5. The number of rotatable bonds is 4. The van der Waals surface area contributed by atoms with Crippen LogP contribution in [0.15, 0.2) is 36.5 Å². The highest BCUT2D eigenvalue weighted by molar-refractivity contribution is 5.37. The summed E-state index contributed by atoms with van der Waals surface area (Å²) < 4.78 is 0. The Morgan fingerprint density at radius 1 is 1.28 bits per heavy atom. The van der Waals surface area contributed by atoms with Gasteiger partial charge in [-0.05, 0) is 18.6 Å². The Hall–Kier alpha value is -2.50. The van der Waals surface area contributed by atoms with Crippen molar-refractivity contribution in [2.45, 2.75) is 13.5 Å². The minimum absolute atomic E-state index is 0.0941. The molecule has 0 aliphatic carbocycles. The molecule has 0 atom stereocenters. The molecule has 0 fully saturated rings. The molecule has 0 amide bonds. The SMILES string of the molecule is Cc1nccc(NCc2ccc([N+](=O)[O-])cc2)n1. The van der Waals surface area contributed by atoms with E-state index in [1.165, 1.54) is 12.1 Å². The van der Waals surface area contributed by atoms with Crippen LogP contribution in [-0.4, -0.2) is 14.9 Å². The maximum Gasteiger partial charge on any atom is 0.269 e. The summed E-state index contributed by atoms with van der Waals surface area (Å²) in [6, 6.07) is 8.20. The molecule has 6 heteroatoms. The van der Waals surface area contributed by atoms with Crippen molar-refractivity contribution in [3.05, 3.63) is 58.0 Å². The maximum absolute atomic E-state index is 10.5. The first-order valence-electron chi connectivity index (χ1n) is 5.42. The van der Waals surface area contributed by atoms with Gasteiger partial charge in [0.25, 0.3) is 5.69 Å². The third-order valence-corrected chi connectivity index (χ3v) is 2.40. The van der Waals surface area contributed by atoms with Gasteiger partial charge in [0.05, 0.1) is 4.92 Å². The van der Waals surface area contributed by atoms with E-state index in [0.717, 1.165) is 11.4 Å². The van der Waals surface area contributed by atoms with E-state index in [1.54, 1.807) is 24.4 Å². The zero-order chi connectivity index (χ0) is 13.0. The lowest BCUT2D eigenvalue weighted by Gasteiger charge is -2.05. The lowest BCUT2D eigenvalue weighted by molar-refractivity contribution is -0.384. The molecule has 0 saturated carbocycles. The molecule has 1 heterocycles. The summed E-state index contributed by atoms with van der Waals surface area (Å²) in [5.74, 6) is 1.43. The molecule has 1 aromatic carbocycles. The fourth-order valence-corrected chi connectivity index (χ4v) is 1.48. The quantitative estimate of drug-likeness (QED) is 0.659. The molecule has 0 radical (unpaired) electrons. The van der Waals surface area contributed by atoms with Gasteiger partial charge in [-0.15, -0.1) is 0 Å². The van der Waals surface area contributed by atoms with Gasteiger partial charge in [0.15, 0.2) is 0 Å². The molecule has 18 heavy (non-hydrogen) atoms. The van der Waals surface area contributed by atoms with Crippen molar-refractivity contribution in [3.63, 3.8) is 0 Å². The first-order chi connectivity index (χ1) is 8.65. The van der Waals surface area contributed by atoms with Crippen molar-refractivity contribution < 1.29 is 4.92 Å². The first kappa shape index (κ1) is 12.0. The lowest BCUT2D eigenvalue weighted by atomic mass is 10.2. The number of nitrogens with one attached hydrogen (secondary N) is 1. The van der Waals surface area contributed by atoms with Gasteiger partial charge in [-0.1, -0.05) is 12.1 Å². The number of benzene rings is 1. The summed E-state index contributed by atoms with van der Waals surface area (Å²) in [4.78, 5) is 18.3. The summed E-state index contributed by atoms with van der Waals surface area (Å²) in [5.41, 5.74) is 1.05. The summed E-state index contributed by atoms with van der Waals surface area (Å²) >= 11 is 0. The number of nitro groups is 1. The van der Waals surface area contributed by atoms with Crippen molar-refractivity contribution in [2.75, 3.05) is 5.32 Å². The van der Waals surface area contributed by atoms with Crippen molar-refractivity contribution in [1.29, 1.82) is 0 Å². The van der Waals surface area contributed by atoms with Gasteiger partial charge in [-0.2, -0.15) is 0 Å². The third-order valence-electron chi connectivity index (χ3n) is 2.40. The van der Waals surface area contributed by atoms with Crippen LogP contribution < -0.4 is 5.32 Å². The van der Waals surface area contributed by atoms with Gasteiger partial charge >= 0.3 is 0 Å². The van der Waals surface area contributed by atoms with Crippen LogP contribution in [-0.2, 0) is 6.54 Å². The molecule has 0 bridgehead atoms. The van der Waals surface area contributed by atoms with Crippen molar-refractivity contribution >= 4 is 11.5 Å². The number of aromatic nitrogens is 2. The molecule has 2 rings (SSSR count). The molecule has 92 valence electrons. The Kier molecular flexibility index (Phi) is 3.47. The van der Waals surface area contributed by atoms with Crippen molar-refractivity contribution in [1.82, 2.24) is 9.97 Å². The average Bonchev–Trinajstić information content (AvgIpc) is 2.37.